The molecule has 2 saturated heterocycles. The minimum absolute atomic E-state index is 0.00620. The summed E-state index contributed by atoms with van der Waals surface area (Å²) in [6, 6.07) is 21.0. The van der Waals surface area contributed by atoms with Crippen molar-refractivity contribution in [1.29, 1.82) is 0 Å². The van der Waals surface area contributed by atoms with E-state index in [1.54, 1.807) is 14.2 Å². The fourth-order valence-corrected chi connectivity index (χ4v) is 5.45. The third-order valence-electron chi connectivity index (χ3n) is 7.47. The first kappa shape index (κ1) is 28.1. The summed E-state index contributed by atoms with van der Waals surface area (Å²) in [5.41, 5.74) is 3.47. The number of nitrogens with zero attached hydrogens (tertiary/aromatic N) is 3. The lowest BCUT2D eigenvalue weighted by atomic mass is 10.0. The maximum atomic E-state index is 6.26. The monoisotopic (exact) mass is 547 g/mol. The van der Waals surface area contributed by atoms with E-state index in [4.69, 9.17) is 28.7 Å². The molecule has 0 bridgehead atoms. The lowest BCUT2D eigenvalue weighted by Gasteiger charge is -2.31. The van der Waals surface area contributed by atoms with Crippen LogP contribution in [0, 0.1) is 0 Å². The van der Waals surface area contributed by atoms with Crippen LogP contribution in [0.3, 0.4) is 0 Å². The van der Waals surface area contributed by atoms with Gasteiger partial charge in [0.25, 0.3) is 0 Å². The fraction of sp³-hybridized carbons (Fsp3) is 0.469. The highest BCUT2D eigenvalue weighted by Crippen LogP contribution is 2.33. The van der Waals surface area contributed by atoms with E-state index in [2.05, 4.69) is 40.1 Å². The topological polar surface area (TPSA) is 65.5 Å². The summed E-state index contributed by atoms with van der Waals surface area (Å²) < 4.78 is 28.4. The molecule has 2 fully saturated rings. The molecule has 3 heterocycles. The van der Waals surface area contributed by atoms with Gasteiger partial charge in [0.2, 0.25) is 5.88 Å². The van der Waals surface area contributed by atoms with Crippen LogP contribution in [-0.2, 0) is 22.5 Å². The van der Waals surface area contributed by atoms with Crippen molar-refractivity contribution < 1.29 is 23.7 Å². The van der Waals surface area contributed by atoms with Gasteiger partial charge in [-0.05, 0) is 61.6 Å². The first-order valence-electron chi connectivity index (χ1n) is 14.2. The van der Waals surface area contributed by atoms with Crippen LogP contribution in [0.15, 0.2) is 60.7 Å². The Morgan fingerprint density at radius 2 is 1.77 bits per heavy atom. The SMILES string of the molecule is COC[C@@H](C)Oc1cccc(CC2CCCN2c2cc(N3CCOCC3)cc(OCc3ccc(OC)cc3)n2)c1. The fourth-order valence-electron chi connectivity index (χ4n) is 5.45. The smallest absolute Gasteiger partial charge is 0.217 e. The molecule has 0 aliphatic carbocycles. The number of methoxy groups -OCH3 is 2. The molecule has 2 aliphatic heterocycles. The van der Waals surface area contributed by atoms with E-state index in [-0.39, 0.29) is 6.10 Å². The number of aromatic nitrogens is 1. The first-order valence-corrected chi connectivity index (χ1v) is 14.2. The molecule has 0 radical (unpaired) electrons. The second kappa shape index (κ2) is 13.7. The summed E-state index contributed by atoms with van der Waals surface area (Å²) >= 11 is 0. The average molecular weight is 548 g/mol. The van der Waals surface area contributed by atoms with Crippen LogP contribution in [0.4, 0.5) is 11.5 Å². The van der Waals surface area contributed by atoms with Crippen molar-refractivity contribution in [2.45, 2.75) is 44.9 Å². The molecule has 214 valence electrons. The van der Waals surface area contributed by atoms with Gasteiger partial charge in [0.05, 0.1) is 26.9 Å². The number of hydrogen-bond acceptors (Lipinski definition) is 8. The number of hydrogen-bond donors (Lipinski definition) is 0. The summed E-state index contributed by atoms with van der Waals surface area (Å²) in [6.07, 6.45) is 3.20. The second-order valence-electron chi connectivity index (χ2n) is 10.5. The number of ether oxygens (including phenoxy) is 5. The van der Waals surface area contributed by atoms with E-state index in [0.717, 1.165) is 80.7 Å². The summed E-state index contributed by atoms with van der Waals surface area (Å²) in [7, 11) is 3.37. The second-order valence-corrected chi connectivity index (χ2v) is 10.5. The molecule has 0 spiro atoms. The normalized spacial score (nSPS) is 18.0. The van der Waals surface area contributed by atoms with E-state index < -0.39 is 0 Å². The average Bonchev–Trinajstić information content (AvgIpc) is 3.45. The molecule has 2 aliphatic rings. The summed E-state index contributed by atoms with van der Waals surface area (Å²) in [5.74, 6) is 3.33. The van der Waals surface area contributed by atoms with Crippen molar-refractivity contribution in [2.75, 3.05) is 63.5 Å². The van der Waals surface area contributed by atoms with Gasteiger partial charge in [0.1, 0.15) is 30.0 Å². The Hall–Kier alpha value is -3.49. The van der Waals surface area contributed by atoms with Crippen LogP contribution in [0.2, 0.25) is 0 Å². The highest BCUT2D eigenvalue weighted by molar-refractivity contribution is 5.59. The number of morpholine rings is 1. The maximum absolute atomic E-state index is 6.26. The van der Waals surface area contributed by atoms with Crippen molar-refractivity contribution in [3.05, 3.63) is 71.8 Å². The molecule has 3 aromatic rings. The van der Waals surface area contributed by atoms with E-state index in [0.29, 0.717) is 25.1 Å². The predicted molar refractivity (Wildman–Crippen MR) is 157 cm³/mol. The van der Waals surface area contributed by atoms with Gasteiger partial charge >= 0.3 is 0 Å². The summed E-state index contributed by atoms with van der Waals surface area (Å²) in [4.78, 5) is 9.82. The largest absolute Gasteiger partial charge is 0.497 e. The van der Waals surface area contributed by atoms with Gasteiger partial charge in [0, 0.05) is 50.6 Å². The number of benzene rings is 2. The minimum Gasteiger partial charge on any atom is -0.497 e. The molecule has 5 rings (SSSR count). The van der Waals surface area contributed by atoms with Gasteiger partial charge in [-0.2, -0.15) is 4.98 Å². The lowest BCUT2D eigenvalue weighted by Crippen LogP contribution is -2.37. The quantitative estimate of drug-likeness (QED) is 0.309. The number of pyridine rings is 1. The third kappa shape index (κ3) is 7.37. The van der Waals surface area contributed by atoms with Crippen LogP contribution >= 0.6 is 0 Å². The highest BCUT2D eigenvalue weighted by Gasteiger charge is 2.27. The van der Waals surface area contributed by atoms with Crippen molar-refractivity contribution in [3.8, 4) is 17.4 Å². The van der Waals surface area contributed by atoms with Gasteiger partial charge in [-0.25, -0.2) is 0 Å². The molecule has 2 atom stereocenters. The van der Waals surface area contributed by atoms with Gasteiger partial charge in [0.15, 0.2) is 0 Å². The maximum Gasteiger partial charge on any atom is 0.217 e. The molecule has 2 aromatic carbocycles. The molecule has 40 heavy (non-hydrogen) atoms. The van der Waals surface area contributed by atoms with Crippen molar-refractivity contribution in [3.63, 3.8) is 0 Å². The van der Waals surface area contributed by atoms with E-state index >= 15 is 0 Å². The van der Waals surface area contributed by atoms with Gasteiger partial charge in [-0.1, -0.05) is 24.3 Å². The van der Waals surface area contributed by atoms with E-state index in [1.807, 2.05) is 37.3 Å². The van der Waals surface area contributed by atoms with Crippen LogP contribution in [0.1, 0.15) is 30.9 Å². The third-order valence-corrected chi connectivity index (χ3v) is 7.47. The molecular formula is C32H41N3O5. The van der Waals surface area contributed by atoms with Crippen LogP contribution < -0.4 is 24.0 Å². The summed E-state index contributed by atoms with van der Waals surface area (Å²) in [5, 5.41) is 0. The summed E-state index contributed by atoms with van der Waals surface area (Å²) in [6.45, 7) is 7.19. The van der Waals surface area contributed by atoms with E-state index in [1.165, 1.54) is 5.56 Å². The van der Waals surface area contributed by atoms with Crippen molar-refractivity contribution in [1.82, 2.24) is 4.98 Å². The molecule has 0 N–H and O–H groups in total. The molecule has 1 unspecified atom stereocenters. The Kier molecular flexibility index (Phi) is 9.63. The zero-order valence-electron chi connectivity index (χ0n) is 23.9. The minimum atomic E-state index is 0.00620. The Bertz CT molecular complexity index is 1220. The lowest BCUT2D eigenvalue weighted by molar-refractivity contribution is 0.0920. The van der Waals surface area contributed by atoms with Gasteiger partial charge in [-0.15, -0.1) is 0 Å². The highest BCUT2D eigenvalue weighted by atomic mass is 16.5. The number of rotatable bonds is 12. The van der Waals surface area contributed by atoms with Crippen molar-refractivity contribution in [2.24, 2.45) is 0 Å². The standard InChI is InChI=1S/C32H41N3O5/c1-24(22-36-2)40-30-8-4-6-26(19-30)18-27-7-5-13-35(27)31-20-28(34-14-16-38-17-15-34)21-32(33-31)39-23-25-9-11-29(37-3)12-10-25/h4,6,8-12,19-21,24,27H,5,7,13-18,22-23H2,1-3H3/t24-,27?/m1/s1. The zero-order chi connectivity index (χ0) is 27.7. The van der Waals surface area contributed by atoms with Gasteiger partial charge in [-0.3, -0.25) is 0 Å². The Morgan fingerprint density at radius 3 is 2.55 bits per heavy atom. The molecule has 0 saturated carbocycles. The van der Waals surface area contributed by atoms with Crippen LogP contribution in [-0.4, -0.2) is 70.8 Å². The first-order chi connectivity index (χ1) is 19.6. The van der Waals surface area contributed by atoms with E-state index in [9.17, 15) is 0 Å². The zero-order valence-corrected chi connectivity index (χ0v) is 23.9. The molecule has 0 amide bonds. The van der Waals surface area contributed by atoms with Gasteiger partial charge < -0.3 is 33.5 Å². The Labute approximate surface area is 237 Å². The molecule has 1 aromatic heterocycles. The van der Waals surface area contributed by atoms with Crippen LogP contribution in [0.25, 0.3) is 0 Å². The Balaban J connectivity index is 1.34. The predicted octanol–water partition coefficient (Wildman–Crippen LogP) is 5.13. The number of anilines is 2. The molecule has 8 heteroatoms. The molecule has 8 nitrogen and oxygen atoms in total. The van der Waals surface area contributed by atoms with Crippen molar-refractivity contribution >= 4 is 11.5 Å². The molecular weight excluding hydrogens is 506 g/mol. The Morgan fingerprint density at radius 1 is 0.950 bits per heavy atom. The van der Waals surface area contributed by atoms with Crippen LogP contribution in [0.5, 0.6) is 17.4 Å².